The van der Waals surface area contributed by atoms with Crippen LogP contribution in [0.3, 0.4) is 0 Å². The average Bonchev–Trinajstić information content (AvgIpc) is 2.29. The quantitative estimate of drug-likeness (QED) is 0.745. The molecule has 1 aliphatic rings. The Morgan fingerprint density at radius 1 is 1.54 bits per heavy atom. The highest BCUT2D eigenvalue weighted by Crippen LogP contribution is 2.32. The van der Waals surface area contributed by atoms with Gasteiger partial charge < -0.3 is 0 Å². The lowest BCUT2D eigenvalue weighted by Crippen LogP contribution is -2.24. The Morgan fingerprint density at radius 2 is 2.23 bits per heavy atom. The molecule has 2 rings (SSSR count). The van der Waals surface area contributed by atoms with Gasteiger partial charge in [-0.2, -0.15) is 5.10 Å². The van der Waals surface area contributed by atoms with E-state index in [1.807, 2.05) is 0 Å². The topological polar surface area (TPSA) is 78.0 Å². The molecule has 0 bridgehead atoms. The third kappa shape index (κ3) is 1.47. The molecule has 0 saturated heterocycles. The molecule has 0 unspecified atom stereocenters. The van der Waals surface area contributed by atoms with E-state index < -0.39 is 10.0 Å². The molecule has 13 heavy (non-hydrogen) atoms. The summed E-state index contributed by atoms with van der Waals surface area (Å²) in [6.07, 6.45) is 4.58. The summed E-state index contributed by atoms with van der Waals surface area (Å²) in [7, 11) is -3.61. The van der Waals surface area contributed by atoms with Gasteiger partial charge in [-0.3, -0.25) is 0 Å². The van der Waals surface area contributed by atoms with Gasteiger partial charge in [0.05, 0.1) is 12.2 Å². The number of aromatic nitrogens is 2. The molecule has 6 heteroatoms. The minimum Gasteiger partial charge on any atom is -0.250 e. The predicted molar refractivity (Wildman–Crippen MR) is 46.5 cm³/mol. The van der Waals surface area contributed by atoms with E-state index in [4.69, 9.17) is 5.14 Å². The van der Waals surface area contributed by atoms with E-state index in [0.717, 1.165) is 19.3 Å². The van der Waals surface area contributed by atoms with Crippen molar-refractivity contribution in [1.82, 2.24) is 9.78 Å². The lowest BCUT2D eigenvalue weighted by molar-refractivity contribution is 0.271. The number of hydrogen-bond acceptors (Lipinski definition) is 3. The summed E-state index contributed by atoms with van der Waals surface area (Å²) in [4.78, 5) is 0. The van der Waals surface area contributed by atoms with E-state index in [2.05, 4.69) is 5.10 Å². The van der Waals surface area contributed by atoms with Gasteiger partial charge in [0.2, 0.25) is 0 Å². The molecule has 1 aliphatic carbocycles. The van der Waals surface area contributed by atoms with E-state index in [-0.39, 0.29) is 11.1 Å². The zero-order valence-electron chi connectivity index (χ0n) is 7.05. The summed E-state index contributed by atoms with van der Waals surface area (Å²) < 4.78 is 23.7. The third-order valence-corrected chi connectivity index (χ3v) is 3.25. The van der Waals surface area contributed by atoms with Crippen LogP contribution < -0.4 is 5.14 Å². The molecule has 0 amide bonds. The Labute approximate surface area is 76.6 Å². The van der Waals surface area contributed by atoms with E-state index in [9.17, 15) is 8.42 Å². The molecule has 1 aromatic rings. The predicted octanol–water partition coefficient (Wildman–Crippen LogP) is 0.255. The maximum atomic E-state index is 11.1. The maximum Gasteiger partial charge on any atom is 0.255 e. The molecule has 0 atom stereocenters. The van der Waals surface area contributed by atoms with Gasteiger partial charge in [-0.15, -0.1) is 0 Å². The van der Waals surface area contributed by atoms with Crippen molar-refractivity contribution in [3.05, 3.63) is 12.3 Å². The van der Waals surface area contributed by atoms with Crippen molar-refractivity contribution in [3.63, 3.8) is 0 Å². The minimum atomic E-state index is -3.61. The molecule has 0 aliphatic heterocycles. The van der Waals surface area contributed by atoms with Crippen LogP contribution in [0.15, 0.2) is 17.3 Å². The SMILES string of the molecule is NS(=O)(=O)c1ccnn1C1CCC1. The van der Waals surface area contributed by atoms with Crippen molar-refractivity contribution in [1.29, 1.82) is 0 Å². The van der Waals surface area contributed by atoms with Crippen LogP contribution in [0.4, 0.5) is 0 Å². The van der Waals surface area contributed by atoms with Gasteiger partial charge in [0, 0.05) is 0 Å². The lowest BCUT2D eigenvalue weighted by Gasteiger charge is -2.26. The highest BCUT2D eigenvalue weighted by Gasteiger charge is 2.25. The van der Waals surface area contributed by atoms with Crippen molar-refractivity contribution in [3.8, 4) is 0 Å². The van der Waals surface area contributed by atoms with Crippen molar-refractivity contribution in [2.24, 2.45) is 5.14 Å². The van der Waals surface area contributed by atoms with Gasteiger partial charge in [0.15, 0.2) is 5.03 Å². The van der Waals surface area contributed by atoms with Gasteiger partial charge in [-0.25, -0.2) is 18.2 Å². The molecule has 0 spiro atoms. The van der Waals surface area contributed by atoms with E-state index in [1.54, 1.807) is 0 Å². The molecule has 0 radical (unpaired) electrons. The molecule has 1 fully saturated rings. The Balaban J connectivity index is 2.41. The Kier molecular flexibility index (Phi) is 1.88. The molecular formula is C7H11N3O2S. The zero-order valence-corrected chi connectivity index (χ0v) is 7.87. The molecule has 2 N–H and O–H groups in total. The summed E-state index contributed by atoms with van der Waals surface area (Å²) in [5.74, 6) is 0. The third-order valence-electron chi connectivity index (χ3n) is 2.35. The van der Waals surface area contributed by atoms with Gasteiger partial charge in [0.25, 0.3) is 10.0 Å². The van der Waals surface area contributed by atoms with Crippen LogP contribution >= 0.6 is 0 Å². The minimum absolute atomic E-state index is 0.122. The second-order valence-electron chi connectivity index (χ2n) is 3.24. The van der Waals surface area contributed by atoms with Crippen molar-refractivity contribution in [2.45, 2.75) is 30.3 Å². The van der Waals surface area contributed by atoms with Gasteiger partial charge >= 0.3 is 0 Å². The second-order valence-corrected chi connectivity index (χ2v) is 4.75. The monoisotopic (exact) mass is 201 g/mol. The molecule has 1 saturated carbocycles. The second kappa shape index (κ2) is 2.81. The smallest absolute Gasteiger partial charge is 0.250 e. The average molecular weight is 201 g/mol. The first-order chi connectivity index (χ1) is 6.09. The fraction of sp³-hybridized carbons (Fsp3) is 0.571. The molecule has 1 heterocycles. The van der Waals surface area contributed by atoms with Crippen LogP contribution in [0.5, 0.6) is 0 Å². The Morgan fingerprint density at radius 3 is 2.69 bits per heavy atom. The van der Waals surface area contributed by atoms with Gasteiger partial charge in [-0.1, -0.05) is 0 Å². The summed E-state index contributed by atoms with van der Waals surface area (Å²) >= 11 is 0. The van der Waals surface area contributed by atoms with E-state index in [1.165, 1.54) is 16.9 Å². The number of primary sulfonamides is 1. The van der Waals surface area contributed by atoms with Crippen LogP contribution in [0, 0.1) is 0 Å². The maximum absolute atomic E-state index is 11.1. The molecule has 72 valence electrons. The van der Waals surface area contributed by atoms with Gasteiger partial charge in [0.1, 0.15) is 0 Å². The highest BCUT2D eigenvalue weighted by molar-refractivity contribution is 7.89. The number of hydrogen-bond donors (Lipinski definition) is 1. The molecule has 0 aromatic carbocycles. The first-order valence-corrected chi connectivity index (χ1v) is 5.70. The molecule has 5 nitrogen and oxygen atoms in total. The number of sulfonamides is 1. The largest absolute Gasteiger partial charge is 0.255 e. The summed E-state index contributed by atoms with van der Waals surface area (Å²) in [6, 6.07) is 1.66. The van der Waals surface area contributed by atoms with Crippen LogP contribution in [-0.2, 0) is 10.0 Å². The van der Waals surface area contributed by atoms with E-state index in [0.29, 0.717) is 0 Å². The standard InChI is InChI=1S/C7H11N3O2S/c8-13(11,12)7-4-5-9-10(7)6-2-1-3-6/h4-6H,1-3H2,(H2,8,11,12). The van der Waals surface area contributed by atoms with Crippen molar-refractivity contribution >= 4 is 10.0 Å². The Hall–Kier alpha value is -0.880. The summed E-state index contributed by atoms with van der Waals surface area (Å²) in [6.45, 7) is 0. The summed E-state index contributed by atoms with van der Waals surface area (Å²) in [5, 5.41) is 9.11. The summed E-state index contributed by atoms with van der Waals surface area (Å²) in [5.41, 5.74) is 0. The Bertz CT molecular complexity index is 405. The molecular weight excluding hydrogens is 190 g/mol. The fourth-order valence-corrected chi connectivity index (χ4v) is 2.14. The van der Waals surface area contributed by atoms with Crippen molar-refractivity contribution in [2.75, 3.05) is 0 Å². The highest BCUT2D eigenvalue weighted by atomic mass is 32.2. The molecule has 1 aromatic heterocycles. The first-order valence-electron chi connectivity index (χ1n) is 4.15. The van der Waals surface area contributed by atoms with E-state index >= 15 is 0 Å². The number of nitrogens with two attached hydrogens (primary N) is 1. The first kappa shape index (κ1) is 8.71. The van der Waals surface area contributed by atoms with Crippen LogP contribution in [-0.4, -0.2) is 18.2 Å². The number of rotatable bonds is 2. The van der Waals surface area contributed by atoms with Crippen LogP contribution in [0.2, 0.25) is 0 Å². The fourth-order valence-electron chi connectivity index (χ4n) is 1.43. The van der Waals surface area contributed by atoms with Crippen LogP contribution in [0.25, 0.3) is 0 Å². The number of nitrogens with zero attached hydrogens (tertiary/aromatic N) is 2. The normalized spacial score (nSPS) is 18.5. The zero-order chi connectivity index (χ0) is 9.47. The van der Waals surface area contributed by atoms with Crippen LogP contribution in [0.1, 0.15) is 25.3 Å². The van der Waals surface area contributed by atoms with Gasteiger partial charge in [-0.05, 0) is 25.3 Å². The van der Waals surface area contributed by atoms with Crippen molar-refractivity contribution < 1.29 is 8.42 Å². The lowest BCUT2D eigenvalue weighted by atomic mass is 9.93.